The molecule has 0 unspecified atom stereocenters. The number of Topliss-reactive ketones (excluding diaryl/α,β-unsaturated/α-hetero) is 1. The van der Waals surface area contributed by atoms with Crippen molar-refractivity contribution in [3.8, 4) is 11.5 Å². The van der Waals surface area contributed by atoms with Gasteiger partial charge in [0, 0.05) is 5.56 Å². The Labute approximate surface area is 144 Å². The van der Waals surface area contributed by atoms with Gasteiger partial charge in [0.1, 0.15) is 17.1 Å². The van der Waals surface area contributed by atoms with E-state index < -0.39 is 23.3 Å². The van der Waals surface area contributed by atoms with Crippen molar-refractivity contribution in [1.29, 1.82) is 0 Å². The lowest BCUT2D eigenvalue weighted by atomic mass is 9.95. The average Bonchev–Trinajstić information content (AvgIpc) is 2.56. The minimum absolute atomic E-state index is 0.00745. The molecule has 0 amide bonds. The lowest BCUT2D eigenvalue weighted by Gasteiger charge is -2.11. The van der Waals surface area contributed by atoms with Crippen LogP contribution in [0.3, 0.4) is 0 Å². The first-order valence-corrected chi connectivity index (χ1v) is 7.65. The molecule has 0 radical (unpaired) electrons. The quantitative estimate of drug-likeness (QED) is 0.640. The SMILES string of the molecule is CCOC(=O)c1cc(C(=O)c2cc(C)ccc2O)cc(C(C)=O)c1O. The van der Waals surface area contributed by atoms with Crippen molar-refractivity contribution >= 4 is 17.5 Å². The first-order chi connectivity index (χ1) is 11.8. The molecule has 0 saturated heterocycles. The maximum absolute atomic E-state index is 12.7. The molecule has 6 nitrogen and oxygen atoms in total. The highest BCUT2D eigenvalue weighted by Gasteiger charge is 2.23. The summed E-state index contributed by atoms with van der Waals surface area (Å²) >= 11 is 0. The second kappa shape index (κ2) is 7.17. The van der Waals surface area contributed by atoms with E-state index in [2.05, 4.69) is 0 Å². The summed E-state index contributed by atoms with van der Waals surface area (Å²) in [4.78, 5) is 36.5. The summed E-state index contributed by atoms with van der Waals surface area (Å²) in [6, 6.07) is 6.89. The zero-order valence-corrected chi connectivity index (χ0v) is 14.1. The molecule has 0 aliphatic heterocycles. The standard InChI is InChI=1S/C19H18O6/c1-4-25-19(24)15-9-12(8-13(11(3)20)18(15)23)17(22)14-7-10(2)5-6-16(14)21/h5-9,21,23H,4H2,1-3H3. The van der Waals surface area contributed by atoms with Crippen LogP contribution in [0.4, 0.5) is 0 Å². The molecule has 2 aromatic rings. The zero-order valence-electron chi connectivity index (χ0n) is 14.1. The van der Waals surface area contributed by atoms with Gasteiger partial charge in [-0.05, 0) is 45.0 Å². The van der Waals surface area contributed by atoms with Gasteiger partial charge in [-0.2, -0.15) is 0 Å². The Morgan fingerprint density at radius 1 is 1.00 bits per heavy atom. The monoisotopic (exact) mass is 342 g/mol. The van der Waals surface area contributed by atoms with E-state index in [1.807, 2.05) is 0 Å². The molecule has 2 aromatic carbocycles. The van der Waals surface area contributed by atoms with Crippen LogP contribution in [0, 0.1) is 6.92 Å². The van der Waals surface area contributed by atoms with Gasteiger partial charge in [0.15, 0.2) is 11.6 Å². The molecular formula is C19H18O6. The van der Waals surface area contributed by atoms with E-state index in [9.17, 15) is 24.6 Å². The molecule has 25 heavy (non-hydrogen) atoms. The molecule has 0 atom stereocenters. The first kappa shape index (κ1) is 18.2. The van der Waals surface area contributed by atoms with E-state index in [-0.39, 0.29) is 34.6 Å². The molecule has 0 aromatic heterocycles. The largest absolute Gasteiger partial charge is 0.507 e. The van der Waals surface area contributed by atoms with E-state index in [4.69, 9.17) is 4.74 Å². The number of phenols is 2. The highest BCUT2D eigenvalue weighted by atomic mass is 16.5. The normalized spacial score (nSPS) is 10.4. The second-order valence-corrected chi connectivity index (χ2v) is 5.55. The predicted octanol–water partition coefficient (Wildman–Crippen LogP) is 3.02. The van der Waals surface area contributed by atoms with E-state index in [1.54, 1.807) is 19.9 Å². The number of aryl methyl sites for hydroxylation is 1. The van der Waals surface area contributed by atoms with Gasteiger partial charge in [-0.15, -0.1) is 0 Å². The van der Waals surface area contributed by atoms with Gasteiger partial charge in [0.2, 0.25) is 0 Å². The fraction of sp³-hybridized carbons (Fsp3) is 0.211. The lowest BCUT2D eigenvalue weighted by molar-refractivity contribution is 0.0523. The summed E-state index contributed by atoms with van der Waals surface area (Å²) in [6.45, 7) is 4.64. The van der Waals surface area contributed by atoms with Crippen molar-refractivity contribution in [2.75, 3.05) is 6.61 Å². The van der Waals surface area contributed by atoms with Crippen LogP contribution in [-0.2, 0) is 4.74 Å². The summed E-state index contributed by atoms with van der Waals surface area (Å²) in [7, 11) is 0. The van der Waals surface area contributed by atoms with Crippen LogP contribution in [0.5, 0.6) is 11.5 Å². The van der Waals surface area contributed by atoms with Crippen LogP contribution < -0.4 is 0 Å². The summed E-state index contributed by atoms with van der Waals surface area (Å²) in [5.41, 5.74) is 0.352. The number of hydrogen-bond donors (Lipinski definition) is 2. The van der Waals surface area contributed by atoms with Gasteiger partial charge in [0.25, 0.3) is 0 Å². The van der Waals surface area contributed by atoms with E-state index >= 15 is 0 Å². The maximum atomic E-state index is 12.7. The fourth-order valence-electron chi connectivity index (χ4n) is 2.39. The van der Waals surface area contributed by atoms with Gasteiger partial charge in [0.05, 0.1) is 17.7 Å². The zero-order chi connectivity index (χ0) is 18.7. The molecule has 0 spiro atoms. The van der Waals surface area contributed by atoms with Crippen molar-refractivity contribution in [2.24, 2.45) is 0 Å². The number of ketones is 2. The van der Waals surface area contributed by atoms with Crippen molar-refractivity contribution in [2.45, 2.75) is 20.8 Å². The number of rotatable bonds is 5. The van der Waals surface area contributed by atoms with Crippen LogP contribution >= 0.6 is 0 Å². The second-order valence-electron chi connectivity index (χ2n) is 5.55. The Bertz CT molecular complexity index is 866. The number of aromatic hydroxyl groups is 2. The van der Waals surface area contributed by atoms with Gasteiger partial charge < -0.3 is 14.9 Å². The van der Waals surface area contributed by atoms with Crippen molar-refractivity contribution in [3.63, 3.8) is 0 Å². The molecule has 0 bridgehead atoms. The fourth-order valence-corrected chi connectivity index (χ4v) is 2.39. The minimum atomic E-state index is -0.842. The number of carbonyl (C=O) groups excluding carboxylic acids is 3. The minimum Gasteiger partial charge on any atom is -0.507 e. The summed E-state index contributed by atoms with van der Waals surface area (Å²) in [5.74, 6) is -2.67. The molecule has 6 heteroatoms. The summed E-state index contributed by atoms with van der Waals surface area (Å²) in [5, 5.41) is 20.1. The Hall–Kier alpha value is -3.15. The third kappa shape index (κ3) is 3.68. The molecule has 2 N–H and O–H groups in total. The number of esters is 1. The molecule has 0 aliphatic carbocycles. The predicted molar refractivity (Wildman–Crippen MR) is 90.3 cm³/mol. The summed E-state index contributed by atoms with van der Waals surface area (Å²) in [6.07, 6.45) is 0. The van der Waals surface area contributed by atoms with Crippen molar-refractivity contribution < 1.29 is 29.3 Å². The topological polar surface area (TPSA) is 101 Å². The van der Waals surface area contributed by atoms with Crippen LogP contribution in [0.25, 0.3) is 0 Å². The molecule has 0 aliphatic rings. The molecule has 0 fully saturated rings. The third-order valence-corrected chi connectivity index (χ3v) is 3.64. The Balaban J connectivity index is 2.64. The van der Waals surface area contributed by atoms with Gasteiger partial charge >= 0.3 is 5.97 Å². The average molecular weight is 342 g/mol. The van der Waals surface area contributed by atoms with E-state index in [0.717, 1.165) is 11.6 Å². The molecular weight excluding hydrogens is 324 g/mol. The smallest absolute Gasteiger partial charge is 0.341 e. The van der Waals surface area contributed by atoms with Crippen LogP contribution in [0.15, 0.2) is 30.3 Å². The number of carbonyl (C=O) groups is 3. The molecule has 0 heterocycles. The van der Waals surface area contributed by atoms with Gasteiger partial charge in [-0.3, -0.25) is 9.59 Å². The molecule has 130 valence electrons. The van der Waals surface area contributed by atoms with Crippen LogP contribution in [-0.4, -0.2) is 34.4 Å². The number of ether oxygens (including phenoxy) is 1. The Morgan fingerprint density at radius 2 is 1.64 bits per heavy atom. The summed E-state index contributed by atoms with van der Waals surface area (Å²) < 4.78 is 4.86. The van der Waals surface area contributed by atoms with Crippen molar-refractivity contribution in [3.05, 3.63) is 58.1 Å². The first-order valence-electron chi connectivity index (χ1n) is 7.65. The molecule has 0 saturated carbocycles. The number of benzene rings is 2. The lowest BCUT2D eigenvalue weighted by Crippen LogP contribution is -2.11. The Kier molecular flexibility index (Phi) is 5.22. The van der Waals surface area contributed by atoms with E-state index in [0.29, 0.717) is 0 Å². The number of phenolic OH excluding ortho intramolecular Hbond substituents is 2. The maximum Gasteiger partial charge on any atom is 0.341 e. The van der Waals surface area contributed by atoms with E-state index in [1.165, 1.54) is 25.1 Å². The van der Waals surface area contributed by atoms with Crippen molar-refractivity contribution in [1.82, 2.24) is 0 Å². The Morgan fingerprint density at radius 3 is 2.24 bits per heavy atom. The third-order valence-electron chi connectivity index (χ3n) is 3.64. The molecule has 2 rings (SSSR count). The van der Waals surface area contributed by atoms with Crippen LogP contribution in [0.2, 0.25) is 0 Å². The number of hydrogen-bond acceptors (Lipinski definition) is 6. The highest BCUT2D eigenvalue weighted by Crippen LogP contribution is 2.29. The van der Waals surface area contributed by atoms with Gasteiger partial charge in [-0.25, -0.2) is 4.79 Å². The van der Waals surface area contributed by atoms with Crippen LogP contribution in [0.1, 0.15) is 56.0 Å². The van der Waals surface area contributed by atoms with Gasteiger partial charge in [-0.1, -0.05) is 11.6 Å². The highest BCUT2D eigenvalue weighted by molar-refractivity contribution is 6.14.